The van der Waals surface area contributed by atoms with Crippen LogP contribution >= 0.6 is 0 Å². The Bertz CT molecular complexity index is 257. The van der Waals surface area contributed by atoms with Crippen molar-refractivity contribution in [3.8, 4) is 0 Å². The van der Waals surface area contributed by atoms with Crippen LogP contribution < -0.4 is 5.32 Å². The number of hydrogen-bond donors (Lipinski definition) is 1. The minimum absolute atomic E-state index is 0.634. The number of likely N-dealkylation sites (N-methyl/N-ethyl adjacent to an activating group) is 1. The van der Waals surface area contributed by atoms with Gasteiger partial charge in [-0.05, 0) is 37.1 Å². The van der Waals surface area contributed by atoms with E-state index in [0.717, 1.165) is 31.5 Å². The van der Waals surface area contributed by atoms with Gasteiger partial charge in [0.15, 0.2) is 0 Å². The normalized spacial score (nSPS) is 31.2. The van der Waals surface area contributed by atoms with Crippen molar-refractivity contribution in [3.05, 3.63) is 0 Å². The van der Waals surface area contributed by atoms with E-state index in [9.17, 15) is 0 Å². The lowest BCUT2D eigenvalue weighted by molar-refractivity contribution is 0.0346. The van der Waals surface area contributed by atoms with Crippen molar-refractivity contribution in [2.75, 3.05) is 33.4 Å². The summed E-state index contributed by atoms with van der Waals surface area (Å²) in [5, 5.41) is 3.74. The Kier molecular flexibility index (Phi) is 8.08. The highest BCUT2D eigenvalue weighted by Crippen LogP contribution is 2.32. The van der Waals surface area contributed by atoms with E-state index in [-0.39, 0.29) is 0 Å². The van der Waals surface area contributed by atoms with Crippen molar-refractivity contribution < 1.29 is 4.74 Å². The van der Waals surface area contributed by atoms with Crippen LogP contribution in [-0.2, 0) is 4.74 Å². The van der Waals surface area contributed by atoms with E-state index in [0.29, 0.717) is 18.0 Å². The average molecular weight is 284 g/mol. The highest BCUT2D eigenvalue weighted by atomic mass is 16.5. The number of rotatable bonds is 8. The molecule has 1 aliphatic carbocycles. The first-order valence-corrected chi connectivity index (χ1v) is 8.45. The van der Waals surface area contributed by atoms with Crippen molar-refractivity contribution in [1.82, 2.24) is 10.2 Å². The number of ether oxygens (including phenoxy) is 1. The van der Waals surface area contributed by atoms with Gasteiger partial charge in [-0.3, -0.25) is 4.90 Å². The molecule has 0 bridgehead atoms. The monoisotopic (exact) mass is 284 g/mol. The zero-order valence-electron chi connectivity index (χ0n) is 14.5. The molecule has 4 unspecified atom stereocenters. The van der Waals surface area contributed by atoms with Gasteiger partial charge in [0, 0.05) is 32.3 Å². The van der Waals surface area contributed by atoms with Crippen LogP contribution in [0.2, 0.25) is 0 Å². The first-order chi connectivity index (χ1) is 9.49. The highest BCUT2D eigenvalue weighted by Gasteiger charge is 2.37. The molecule has 3 heteroatoms. The zero-order valence-corrected chi connectivity index (χ0v) is 14.5. The molecule has 20 heavy (non-hydrogen) atoms. The van der Waals surface area contributed by atoms with Gasteiger partial charge in [-0.15, -0.1) is 0 Å². The van der Waals surface area contributed by atoms with Crippen molar-refractivity contribution in [1.29, 1.82) is 0 Å². The van der Waals surface area contributed by atoms with Gasteiger partial charge in [0.25, 0.3) is 0 Å². The summed E-state index contributed by atoms with van der Waals surface area (Å²) in [7, 11) is 1.81. The molecule has 1 saturated carbocycles. The van der Waals surface area contributed by atoms with E-state index in [1.54, 1.807) is 0 Å². The molecule has 1 N–H and O–H groups in total. The van der Waals surface area contributed by atoms with Gasteiger partial charge in [-0.2, -0.15) is 0 Å². The van der Waals surface area contributed by atoms with Gasteiger partial charge in [-0.25, -0.2) is 0 Å². The Balaban J connectivity index is 2.80. The molecule has 0 spiro atoms. The molecule has 0 saturated heterocycles. The number of nitrogens with zero attached hydrogens (tertiary/aromatic N) is 1. The van der Waals surface area contributed by atoms with E-state index in [2.05, 4.69) is 44.8 Å². The van der Waals surface area contributed by atoms with Crippen molar-refractivity contribution >= 4 is 0 Å². The molecule has 0 aliphatic heterocycles. The molecule has 0 amide bonds. The van der Waals surface area contributed by atoms with Crippen molar-refractivity contribution in [2.24, 2.45) is 17.8 Å². The summed E-state index contributed by atoms with van der Waals surface area (Å²) in [4.78, 5) is 2.68. The van der Waals surface area contributed by atoms with E-state index in [1.165, 1.54) is 19.4 Å². The van der Waals surface area contributed by atoms with Crippen LogP contribution in [0.25, 0.3) is 0 Å². The lowest BCUT2D eigenvalue weighted by Gasteiger charge is -2.46. The summed E-state index contributed by atoms with van der Waals surface area (Å²) in [6, 6.07) is 1.29. The fraction of sp³-hybridized carbons (Fsp3) is 1.00. The molecule has 4 atom stereocenters. The maximum atomic E-state index is 5.33. The van der Waals surface area contributed by atoms with Crippen molar-refractivity contribution in [3.63, 3.8) is 0 Å². The molecule has 1 aliphatic rings. The Morgan fingerprint density at radius 3 is 2.50 bits per heavy atom. The fourth-order valence-corrected chi connectivity index (χ4v) is 3.96. The molecular weight excluding hydrogens is 248 g/mol. The van der Waals surface area contributed by atoms with Crippen molar-refractivity contribution in [2.45, 2.75) is 59.5 Å². The standard InChI is InChI=1S/C17H36N2O/c1-7-18-16-11-14(4)10-15(5)17(16)19(8-9-20-6)12-13(2)3/h13-18H,7-12H2,1-6H3. The molecular formula is C17H36N2O. The summed E-state index contributed by atoms with van der Waals surface area (Å²) in [5.74, 6) is 2.31. The molecule has 0 aromatic heterocycles. The summed E-state index contributed by atoms with van der Waals surface area (Å²) in [6.07, 6.45) is 2.67. The van der Waals surface area contributed by atoms with Crippen LogP contribution in [0.3, 0.4) is 0 Å². The average Bonchev–Trinajstić information content (AvgIpc) is 2.34. The first kappa shape index (κ1) is 17.9. The molecule has 0 radical (unpaired) electrons. The molecule has 0 aromatic carbocycles. The molecule has 1 rings (SSSR count). The van der Waals surface area contributed by atoms with Crippen LogP contribution in [-0.4, -0.2) is 50.3 Å². The van der Waals surface area contributed by atoms with E-state index in [1.807, 2.05) is 7.11 Å². The first-order valence-electron chi connectivity index (χ1n) is 8.45. The van der Waals surface area contributed by atoms with E-state index >= 15 is 0 Å². The van der Waals surface area contributed by atoms with Gasteiger partial charge < -0.3 is 10.1 Å². The topological polar surface area (TPSA) is 24.5 Å². The molecule has 1 fully saturated rings. The Morgan fingerprint density at radius 2 is 1.95 bits per heavy atom. The minimum atomic E-state index is 0.634. The third-order valence-corrected chi connectivity index (χ3v) is 4.50. The van der Waals surface area contributed by atoms with Crippen LogP contribution in [0.15, 0.2) is 0 Å². The number of methoxy groups -OCH3 is 1. The van der Waals surface area contributed by atoms with Gasteiger partial charge in [0.2, 0.25) is 0 Å². The SMILES string of the molecule is CCNC1CC(C)CC(C)C1N(CCOC)CC(C)C. The minimum Gasteiger partial charge on any atom is -0.383 e. The Hall–Kier alpha value is -0.120. The Labute approximate surface area is 126 Å². The largest absolute Gasteiger partial charge is 0.383 e. The summed E-state index contributed by atoms with van der Waals surface area (Å²) >= 11 is 0. The zero-order chi connectivity index (χ0) is 15.1. The lowest BCUT2D eigenvalue weighted by Crippen LogP contribution is -2.57. The summed E-state index contributed by atoms with van der Waals surface area (Å²) in [6.45, 7) is 15.8. The van der Waals surface area contributed by atoms with Gasteiger partial charge in [0.05, 0.1) is 6.61 Å². The summed E-state index contributed by atoms with van der Waals surface area (Å²) in [5.41, 5.74) is 0. The Morgan fingerprint density at radius 1 is 1.25 bits per heavy atom. The van der Waals surface area contributed by atoms with E-state index < -0.39 is 0 Å². The second-order valence-electron chi connectivity index (χ2n) is 7.09. The quantitative estimate of drug-likeness (QED) is 0.741. The van der Waals surface area contributed by atoms with Gasteiger partial charge in [-0.1, -0.05) is 34.6 Å². The van der Waals surface area contributed by atoms with Crippen LogP contribution in [0.4, 0.5) is 0 Å². The van der Waals surface area contributed by atoms with E-state index in [4.69, 9.17) is 4.74 Å². The number of hydrogen-bond acceptors (Lipinski definition) is 3. The second kappa shape index (κ2) is 9.01. The van der Waals surface area contributed by atoms with Crippen LogP contribution in [0.5, 0.6) is 0 Å². The predicted octanol–water partition coefficient (Wildman–Crippen LogP) is 3.00. The molecule has 3 nitrogen and oxygen atoms in total. The molecule has 0 aromatic rings. The maximum Gasteiger partial charge on any atom is 0.0589 e. The maximum absolute atomic E-state index is 5.33. The van der Waals surface area contributed by atoms with Gasteiger partial charge >= 0.3 is 0 Å². The fourth-order valence-electron chi connectivity index (χ4n) is 3.96. The highest BCUT2D eigenvalue weighted by molar-refractivity contribution is 4.94. The predicted molar refractivity (Wildman–Crippen MR) is 87.1 cm³/mol. The summed E-state index contributed by atoms with van der Waals surface area (Å²) < 4.78 is 5.33. The third-order valence-electron chi connectivity index (χ3n) is 4.50. The molecule has 0 heterocycles. The number of nitrogens with one attached hydrogen (secondary N) is 1. The molecule has 120 valence electrons. The smallest absolute Gasteiger partial charge is 0.0589 e. The lowest BCUT2D eigenvalue weighted by atomic mass is 9.75. The van der Waals surface area contributed by atoms with Crippen LogP contribution in [0, 0.1) is 17.8 Å². The van der Waals surface area contributed by atoms with Crippen LogP contribution in [0.1, 0.15) is 47.5 Å². The van der Waals surface area contributed by atoms with Gasteiger partial charge in [0.1, 0.15) is 0 Å². The second-order valence-corrected chi connectivity index (χ2v) is 7.09. The third kappa shape index (κ3) is 5.34.